The molecule has 2 rings (SSSR count). The minimum atomic E-state index is -0.589. The fourth-order valence-electron chi connectivity index (χ4n) is 1.55. The Labute approximate surface area is 110 Å². The molecule has 0 amide bonds. The Morgan fingerprint density at radius 3 is 2.67 bits per heavy atom. The van der Waals surface area contributed by atoms with Crippen LogP contribution in [0.4, 0.5) is 0 Å². The summed E-state index contributed by atoms with van der Waals surface area (Å²) in [6.45, 7) is 0. The molecule has 1 aromatic heterocycles. The van der Waals surface area contributed by atoms with E-state index in [2.05, 4.69) is 0 Å². The van der Waals surface area contributed by atoms with Gasteiger partial charge in [0.1, 0.15) is 11.8 Å². The molecule has 0 saturated carbocycles. The highest BCUT2D eigenvalue weighted by atomic mass is 35.5. The van der Waals surface area contributed by atoms with Crippen molar-refractivity contribution in [2.75, 3.05) is 0 Å². The predicted octanol–water partition coefficient (Wildman–Crippen LogP) is 3.37. The third kappa shape index (κ3) is 2.68. The molecule has 0 atom stereocenters. The molecule has 3 nitrogen and oxygen atoms in total. The zero-order chi connectivity index (χ0) is 13.0. The lowest BCUT2D eigenvalue weighted by molar-refractivity contribution is 0.107. The number of carbonyl (C=O) groups is 1. The van der Waals surface area contributed by atoms with Crippen molar-refractivity contribution in [2.45, 2.75) is 0 Å². The van der Waals surface area contributed by atoms with Gasteiger partial charge in [0.2, 0.25) is 0 Å². The van der Waals surface area contributed by atoms with E-state index in [0.717, 1.165) is 5.56 Å². The lowest BCUT2D eigenvalue weighted by Gasteiger charge is -1.98. The van der Waals surface area contributed by atoms with Crippen LogP contribution in [0.5, 0.6) is 0 Å². The van der Waals surface area contributed by atoms with Gasteiger partial charge in [-0.1, -0.05) is 30.3 Å². The van der Waals surface area contributed by atoms with Gasteiger partial charge < -0.3 is 4.57 Å². The number of nitrogens with zero attached hydrogens (tertiary/aromatic N) is 2. The van der Waals surface area contributed by atoms with E-state index in [-0.39, 0.29) is 5.69 Å². The van der Waals surface area contributed by atoms with Crippen molar-refractivity contribution in [1.29, 1.82) is 5.26 Å². The summed E-state index contributed by atoms with van der Waals surface area (Å²) in [4.78, 5) is 11.2. The molecule has 0 aliphatic carbocycles. The summed E-state index contributed by atoms with van der Waals surface area (Å²) in [6, 6.07) is 13.1. The van der Waals surface area contributed by atoms with Crippen LogP contribution in [0.25, 0.3) is 12.3 Å². The Morgan fingerprint density at radius 1 is 1.33 bits per heavy atom. The number of carbonyl (C=O) groups excluding carboxylic acids is 1. The maximum absolute atomic E-state index is 11.2. The molecule has 0 bridgehead atoms. The Balaban J connectivity index is 2.34. The molecule has 0 spiro atoms. The van der Waals surface area contributed by atoms with Crippen LogP contribution in [0.1, 0.15) is 21.6 Å². The number of halogens is 1. The SMILES string of the molecule is N#Cc1cc(C(=O)Cl)n(/C=C/c2ccccc2)c1. The van der Waals surface area contributed by atoms with Crippen molar-refractivity contribution in [3.63, 3.8) is 0 Å². The van der Waals surface area contributed by atoms with Crippen LogP contribution in [0.2, 0.25) is 0 Å². The molecule has 0 saturated heterocycles. The summed E-state index contributed by atoms with van der Waals surface area (Å²) >= 11 is 5.46. The third-order valence-corrected chi connectivity index (χ3v) is 2.60. The summed E-state index contributed by atoms with van der Waals surface area (Å²) in [5.74, 6) is 0. The average Bonchev–Trinajstić information content (AvgIpc) is 2.81. The molecule has 0 aliphatic heterocycles. The van der Waals surface area contributed by atoms with E-state index >= 15 is 0 Å². The van der Waals surface area contributed by atoms with Gasteiger partial charge in [-0.2, -0.15) is 5.26 Å². The van der Waals surface area contributed by atoms with E-state index < -0.39 is 5.24 Å². The summed E-state index contributed by atoms with van der Waals surface area (Å²) < 4.78 is 1.54. The van der Waals surface area contributed by atoms with Gasteiger partial charge in [0.15, 0.2) is 0 Å². The minimum absolute atomic E-state index is 0.278. The lowest BCUT2D eigenvalue weighted by Crippen LogP contribution is -1.96. The zero-order valence-corrected chi connectivity index (χ0v) is 10.1. The topological polar surface area (TPSA) is 45.8 Å². The monoisotopic (exact) mass is 256 g/mol. The number of rotatable bonds is 3. The highest BCUT2D eigenvalue weighted by molar-refractivity contribution is 6.67. The maximum Gasteiger partial charge on any atom is 0.269 e. The third-order valence-electron chi connectivity index (χ3n) is 2.41. The van der Waals surface area contributed by atoms with Gasteiger partial charge in [0, 0.05) is 12.4 Å². The standard InChI is InChI=1S/C14H9ClN2O/c15-14(18)13-8-12(9-16)10-17(13)7-6-11-4-2-1-3-5-11/h1-8,10H/b7-6+. The smallest absolute Gasteiger partial charge is 0.269 e. The first kappa shape index (κ1) is 12.2. The number of hydrogen-bond acceptors (Lipinski definition) is 2. The van der Waals surface area contributed by atoms with E-state index in [1.165, 1.54) is 6.07 Å². The van der Waals surface area contributed by atoms with Crippen LogP contribution >= 0.6 is 11.6 Å². The second-order valence-electron chi connectivity index (χ2n) is 3.63. The largest absolute Gasteiger partial charge is 0.318 e. The highest BCUT2D eigenvalue weighted by Gasteiger charge is 2.09. The number of hydrogen-bond donors (Lipinski definition) is 0. The Kier molecular flexibility index (Phi) is 3.61. The van der Waals surface area contributed by atoms with Gasteiger partial charge in [-0.15, -0.1) is 0 Å². The van der Waals surface area contributed by atoms with Gasteiger partial charge in [-0.05, 0) is 29.3 Å². The van der Waals surface area contributed by atoms with Gasteiger partial charge in [0.05, 0.1) is 5.56 Å². The first-order valence-electron chi connectivity index (χ1n) is 5.26. The van der Waals surface area contributed by atoms with Crippen LogP contribution in [-0.4, -0.2) is 9.81 Å². The molecule has 2 aromatic rings. The molecule has 1 heterocycles. The summed E-state index contributed by atoms with van der Waals surface area (Å²) in [6.07, 6.45) is 5.10. The molecule has 88 valence electrons. The molecule has 0 fully saturated rings. The van der Waals surface area contributed by atoms with Crippen LogP contribution < -0.4 is 0 Å². The van der Waals surface area contributed by atoms with Crippen molar-refractivity contribution in [3.05, 3.63) is 59.4 Å². The van der Waals surface area contributed by atoms with Crippen molar-refractivity contribution in [1.82, 2.24) is 4.57 Å². The van der Waals surface area contributed by atoms with Gasteiger partial charge in [-0.25, -0.2) is 0 Å². The van der Waals surface area contributed by atoms with E-state index in [9.17, 15) is 4.79 Å². The van der Waals surface area contributed by atoms with Gasteiger partial charge in [-0.3, -0.25) is 4.79 Å². The Morgan fingerprint density at radius 2 is 2.06 bits per heavy atom. The van der Waals surface area contributed by atoms with Gasteiger partial charge >= 0.3 is 0 Å². The molecule has 0 aliphatic rings. The molecule has 0 N–H and O–H groups in total. The second kappa shape index (κ2) is 5.35. The summed E-state index contributed by atoms with van der Waals surface area (Å²) in [5, 5.41) is 8.21. The summed E-state index contributed by atoms with van der Waals surface area (Å²) in [7, 11) is 0. The molecule has 1 aromatic carbocycles. The number of aromatic nitrogens is 1. The van der Waals surface area contributed by atoms with Crippen LogP contribution in [0.3, 0.4) is 0 Å². The van der Waals surface area contributed by atoms with Crippen molar-refractivity contribution in [3.8, 4) is 6.07 Å². The Bertz CT molecular complexity index is 636. The molecule has 4 heteroatoms. The van der Waals surface area contributed by atoms with Gasteiger partial charge in [0.25, 0.3) is 5.24 Å². The quantitative estimate of drug-likeness (QED) is 0.791. The maximum atomic E-state index is 11.2. The Hall–Kier alpha value is -2.31. The minimum Gasteiger partial charge on any atom is -0.318 e. The molecular formula is C14H9ClN2O. The molecule has 0 radical (unpaired) electrons. The van der Waals surface area contributed by atoms with E-state index in [1.54, 1.807) is 17.0 Å². The van der Waals surface area contributed by atoms with Crippen LogP contribution in [0.15, 0.2) is 42.6 Å². The van der Waals surface area contributed by atoms with Crippen molar-refractivity contribution in [2.24, 2.45) is 0 Å². The number of benzene rings is 1. The van der Waals surface area contributed by atoms with E-state index in [4.69, 9.17) is 16.9 Å². The number of nitriles is 1. The normalized spacial score (nSPS) is 10.4. The summed E-state index contributed by atoms with van der Waals surface area (Å²) in [5.41, 5.74) is 1.68. The highest BCUT2D eigenvalue weighted by Crippen LogP contribution is 2.12. The first-order chi connectivity index (χ1) is 8.70. The first-order valence-corrected chi connectivity index (χ1v) is 5.63. The van der Waals surface area contributed by atoms with E-state index in [0.29, 0.717) is 5.56 Å². The van der Waals surface area contributed by atoms with Crippen LogP contribution in [0, 0.1) is 11.3 Å². The fourth-order valence-corrected chi connectivity index (χ4v) is 1.70. The lowest BCUT2D eigenvalue weighted by atomic mass is 10.2. The van der Waals surface area contributed by atoms with Crippen molar-refractivity contribution >= 4 is 29.1 Å². The molecule has 0 unspecified atom stereocenters. The fraction of sp³-hybridized carbons (Fsp3) is 0. The van der Waals surface area contributed by atoms with E-state index in [1.807, 2.05) is 42.5 Å². The molecular weight excluding hydrogens is 248 g/mol. The van der Waals surface area contributed by atoms with Crippen LogP contribution in [-0.2, 0) is 0 Å². The zero-order valence-electron chi connectivity index (χ0n) is 9.38. The average molecular weight is 257 g/mol. The van der Waals surface area contributed by atoms with Crippen molar-refractivity contribution < 1.29 is 4.79 Å². The predicted molar refractivity (Wildman–Crippen MR) is 71.0 cm³/mol. The molecule has 18 heavy (non-hydrogen) atoms. The second-order valence-corrected chi connectivity index (χ2v) is 3.98.